The van der Waals surface area contributed by atoms with Crippen molar-refractivity contribution in [3.63, 3.8) is 0 Å². The van der Waals surface area contributed by atoms with Gasteiger partial charge in [-0.1, -0.05) is 68.3 Å². The molecule has 0 aliphatic rings. The lowest BCUT2D eigenvalue weighted by atomic mass is 10.1. The van der Waals surface area contributed by atoms with Gasteiger partial charge in [-0.15, -0.1) is 0 Å². The first-order chi connectivity index (χ1) is 10.6. The van der Waals surface area contributed by atoms with Gasteiger partial charge in [0.15, 0.2) is 0 Å². The average molecular weight is 299 g/mol. The van der Waals surface area contributed by atoms with Crippen LogP contribution in [0.2, 0.25) is 0 Å². The SMILES string of the molecule is CCCC/C=C(\C=C\CCc1ccccc1)CC(=O)N(C)C. The highest BCUT2D eigenvalue weighted by molar-refractivity contribution is 5.78. The molecule has 1 amide bonds. The summed E-state index contributed by atoms with van der Waals surface area (Å²) >= 11 is 0. The number of hydrogen-bond donors (Lipinski definition) is 0. The Hall–Kier alpha value is -1.83. The van der Waals surface area contributed by atoms with Gasteiger partial charge in [-0.25, -0.2) is 0 Å². The van der Waals surface area contributed by atoms with Crippen molar-refractivity contribution in [2.45, 2.75) is 45.4 Å². The van der Waals surface area contributed by atoms with Crippen molar-refractivity contribution in [3.8, 4) is 0 Å². The lowest BCUT2D eigenvalue weighted by molar-refractivity contribution is -0.127. The highest BCUT2D eigenvalue weighted by atomic mass is 16.2. The van der Waals surface area contributed by atoms with E-state index in [2.05, 4.69) is 49.4 Å². The molecule has 0 aliphatic carbocycles. The van der Waals surface area contributed by atoms with E-state index in [0.717, 1.165) is 24.8 Å². The maximum Gasteiger partial charge on any atom is 0.226 e. The van der Waals surface area contributed by atoms with E-state index in [1.54, 1.807) is 4.90 Å². The molecule has 22 heavy (non-hydrogen) atoms. The highest BCUT2D eigenvalue weighted by Gasteiger charge is 2.05. The Morgan fingerprint density at radius 2 is 1.86 bits per heavy atom. The Bertz CT molecular complexity index is 486. The van der Waals surface area contributed by atoms with Gasteiger partial charge < -0.3 is 4.90 Å². The molecule has 0 aliphatic heterocycles. The lowest BCUT2D eigenvalue weighted by Gasteiger charge is -2.10. The third-order valence-electron chi connectivity index (χ3n) is 3.59. The molecule has 0 spiro atoms. The van der Waals surface area contributed by atoms with Gasteiger partial charge in [0.1, 0.15) is 0 Å². The van der Waals surface area contributed by atoms with Crippen LogP contribution in [0, 0.1) is 0 Å². The van der Waals surface area contributed by atoms with Gasteiger partial charge in [0.2, 0.25) is 5.91 Å². The molecule has 0 aromatic heterocycles. The summed E-state index contributed by atoms with van der Waals surface area (Å²) < 4.78 is 0. The molecule has 0 bridgehead atoms. The number of benzene rings is 1. The fourth-order valence-electron chi connectivity index (χ4n) is 2.15. The molecule has 0 atom stereocenters. The zero-order chi connectivity index (χ0) is 16.2. The van der Waals surface area contributed by atoms with E-state index in [4.69, 9.17) is 0 Å². The van der Waals surface area contributed by atoms with Crippen LogP contribution in [0.1, 0.15) is 44.6 Å². The molecule has 0 N–H and O–H groups in total. The largest absolute Gasteiger partial charge is 0.349 e. The number of unbranched alkanes of at least 4 members (excludes halogenated alkanes) is 2. The number of aryl methyl sites for hydroxylation is 1. The summed E-state index contributed by atoms with van der Waals surface area (Å²) in [5.41, 5.74) is 2.49. The predicted molar refractivity (Wildman–Crippen MR) is 94.8 cm³/mol. The van der Waals surface area contributed by atoms with Crippen LogP contribution in [0.5, 0.6) is 0 Å². The summed E-state index contributed by atoms with van der Waals surface area (Å²) in [7, 11) is 3.62. The molecular formula is C20H29NO. The van der Waals surface area contributed by atoms with Crippen LogP contribution < -0.4 is 0 Å². The molecular weight excluding hydrogens is 270 g/mol. The van der Waals surface area contributed by atoms with E-state index in [1.165, 1.54) is 18.4 Å². The van der Waals surface area contributed by atoms with Crippen LogP contribution in [-0.4, -0.2) is 24.9 Å². The normalized spacial score (nSPS) is 11.9. The number of hydrogen-bond acceptors (Lipinski definition) is 1. The number of nitrogens with zero attached hydrogens (tertiary/aromatic N) is 1. The van der Waals surface area contributed by atoms with E-state index < -0.39 is 0 Å². The van der Waals surface area contributed by atoms with Gasteiger partial charge in [0.05, 0.1) is 6.42 Å². The van der Waals surface area contributed by atoms with Crippen LogP contribution >= 0.6 is 0 Å². The van der Waals surface area contributed by atoms with Gasteiger partial charge in [0, 0.05) is 14.1 Å². The number of carbonyl (C=O) groups is 1. The Kier molecular flexibility index (Phi) is 8.97. The van der Waals surface area contributed by atoms with E-state index >= 15 is 0 Å². The zero-order valence-corrected chi connectivity index (χ0v) is 14.2. The van der Waals surface area contributed by atoms with E-state index in [0.29, 0.717) is 6.42 Å². The average Bonchev–Trinajstić information content (AvgIpc) is 2.52. The van der Waals surface area contributed by atoms with Crippen molar-refractivity contribution in [3.05, 3.63) is 59.7 Å². The molecule has 0 heterocycles. The number of rotatable bonds is 9. The predicted octanol–water partition coefficient (Wildman–Crippen LogP) is 4.77. The minimum atomic E-state index is 0.162. The second-order valence-corrected chi connectivity index (χ2v) is 5.81. The Morgan fingerprint density at radius 3 is 2.50 bits per heavy atom. The van der Waals surface area contributed by atoms with E-state index in [-0.39, 0.29) is 5.91 Å². The highest BCUT2D eigenvalue weighted by Crippen LogP contribution is 2.11. The van der Waals surface area contributed by atoms with E-state index in [9.17, 15) is 4.79 Å². The van der Waals surface area contributed by atoms with Crippen LogP contribution in [0.15, 0.2) is 54.1 Å². The first-order valence-electron chi connectivity index (χ1n) is 8.23. The smallest absolute Gasteiger partial charge is 0.226 e. The quantitative estimate of drug-likeness (QED) is 0.475. The van der Waals surface area contributed by atoms with Crippen molar-refractivity contribution >= 4 is 5.91 Å². The van der Waals surface area contributed by atoms with Crippen LogP contribution in [0.3, 0.4) is 0 Å². The zero-order valence-electron chi connectivity index (χ0n) is 14.2. The topological polar surface area (TPSA) is 20.3 Å². The molecule has 1 aromatic carbocycles. The molecule has 0 fully saturated rings. The van der Waals surface area contributed by atoms with Crippen molar-refractivity contribution in [2.75, 3.05) is 14.1 Å². The van der Waals surface area contributed by atoms with E-state index in [1.807, 2.05) is 20.2 Å². The summed E-state index contributed by atoms with van der Waals surface area (Å²) in [6.45, 7) is 2.19. The summed E-state index contributed by atoms with van der Waals surface area (Å²) in [5, 5.41) is 0. The van der Waals surface area contributed by atoms with Gasteiger partial charge in [0.25, 0.3) is 0 Å². The van der Waals surface area contributed by atoms with Gasteiger partial charge in [-0.3, -0.25) is 4.79 Å². The Labute approximate surface area is 135 Å². The monoisotopic (exact) mass is 299 g/mol. The first-order valence-corrected chi connectivity index (χ1v) is 8.23. The van der Waals surface area contributed by atoms with Crippen LogP contribution in [-0.2, 0) is 11.2 Å². The number of amides is 1. The fourth-order valence-corrected chi connectivity index (χ4v) is 2.15. The summed E-state index contributed by atoms with van der Waals surface area (Å²) in [6, 6.07) is 10.5. The van der Waals surface area contributed by atoms with Crippen molar-refractivity contribution in [2.24, 2.45) is 0 Å². The second-order valence-electron chi connectivity index (χ2n) is 5.81. The summed E-state index contributed by atoms with van der Waals surface area (Å²) in [6.07, 6.45) is 12.5. The Balaban J connectivity index is 2.53. The van der Waals surface area contributed by atoms with Gasteiger partial charge >= 0.3 is 0 Å². The van der Waals surface area contributed by atoms with Gasteiger partial charge in [-0.05, 0) is 30.4 Å². The molecule has 2 nitrogen and oxygen atoms in total. The third kappa shape index (κ3) is 7.82. The molecule has 120 valence electrons. The van der Waals surface area contributed by atoms with Gasteiger partial charge in [-0.2, -0.15) is 0 Å². The molecule has 1 aromatic rings. The molecule has 0 radical (unpaired) electrons. The molecule has 0 unspecified atom stereocenters. The first kappa shape index (κ1) is 18.2. The molecule has 2 heteroatoms. The number of allylic oxidation sites excluding steroid dienone is 3. The third-order valence-corrected chi connectivity index (χ3v) is 3.59. The minimum absolute atomic E-state index is 0.162. The van der Waals surface area contributed by atoms with Crippen LogP contribution in [0.4, 0.5) is 0 Å². The van der Waals surface area contributed by atoms with Crippen LogP contribution in [0.25, 0.3) is 0 Å². The number of carbonyl (C=O) groups excluding carboxylic acids is 1. The molecule has 0 saturated heterocycles. The Morgan fingerprint density at radius 1 is 1.14 bits per heavy atom. The summed E-state index contributed by atoms with van der Waals surface area (Å²) in [5.74, 6) is 0.162. The van der Waals surface area contributed by atoms with Crippen molar-refractivity contribution in [1.29, 1.82) is 0 Å². The van der Waals surface area contributed by atoms with Crippen molar-refractivity contribution in [1.82, 2.24) is 4.90 Å². The summed E-state index contributed by atoms with van der Waals surface area (Å²) in [4.78, 5) is 13.5. The molecule has 1 rings (SSSR count). The minimum Gasteiger partial charge on any atom is -0.349 e. The second kappa shape index (κ2) is 10.8. The maximum atomic E-state index is 11.9. The molecule has 0 saturated carbocycles. The lowest BCUT2D eigenvalue weighted by Crippen LogP contribution is -2.21. The van der Waals surface area contributed by atoms with Crippen molar-refractivity contribution < 1.29 is 4.79 Å². The standard InChI is InChI=1S/C20H29NO/c1-4-5-7-15-19(17-20(22)21(2)3)16-11-10-14-18-12-8-6-9-13-18/h6,8-9,11-13,15-16H,4-5,7,10,14,17H2,1-3H3/b16-11+,19-15+. The fraction of sp³-hybridized carbons (Fsp3) is 0.450. The maximum absolute atomic E-state index is 11.9.